The highest BCUT2D eigenvalue weighted by Crippen LogP contribution is 2.21. The van der Waals surface area contributed by atoms with Gasteiger partial charge in [-0.05, 0) is 23.8 Å². The van der Waals surface area contributed by atoms with Gasteiger partial charge < -0.3 is 0 Å². The van der Waals surface area contributed by atoms with E-state index in [2.05, 4.69) is 39.8 Å². The number of benzene rings is 1. The zero-order chi connectivity index (χ0) is 12.9. The van der Waals surface area contributed by atoms with Gasteiger partial charge in [-0.3, -0.25) is 4.79 Å². The maximum atomic E-state index is 12.0. The molecule has 94 valence electrons. The van der Waals surface area contributed by atoms with Gasteiger partial charge in [-0.2, -0.15) is 0 Å². The van der Waals surface area contributed by atoms with Gasteiger partial charge in [0, 0.05) is 12.0 Å². The summed E-state index contributed by atoms with van der Waals surface area (Å²) in [6.07, 6.45) is 4.16. The smallest absolute Gasteiger partial charge is 0.163 e. The molecule has 0 amide bonds. The predicted molar refractivity (Wildman–Crippen MR) is 73.5 cm³/mol. The number of unbranched alkanes of at least 4 members (excludes halogenated alkanes) is 1. The van der Waals surface area contributed by atoms with Crippen LogP contribution in [0.4, 0.5) is 0 Å². The van der Waals surface area contributed by atoms with Crippen LogP contribution in [0, 0.1) is 5.41 Å². The highest BCUT2D eigenvalue weighted by molar-refractivity contribution is 5.96. The monoisotopic (exact) mass is 232 g/mol. The van der Waals surface area contributed by atoms with Crippen LogP contribution in [0.3, 0.4) is 0 Å². The van der Waals surface area contributed by atoms with E-state index in [0.29, 0.717) is 6.42 Å². The summed E-state index contributed by atoms with van der Waals surface area (Å²) >= 11 is 0. The van der Waals surface area contributed by atoms with Crippen LogP contribution in [0.15, 0.2) is 24.3 Å². The molecule has 0 atom stereocenters. The molecule has 0 aliphatic carbocycles. The molecule has 1 aromatic rings. The summed E-state index contributed by atoms with van der Waals surface area (Å²) in [4.78, 5) is 12.0. The molecule has 0 aliphatic rings. The quantitative estimate of drug-likeness (QED) is 0.675. The van der Waals surface area contributed by atoms with E-state index in [1.807, 2.05) is 12.1 Å². The van der Waals surface area contributed by atoms with Gasteiger partial charge in [0.15, 0.2) is 5.78 Å². The highest BCUT2D eigenvalue weighted by atomic mass is 16.1. The molecule has 0 heterocycles. The Labute approximate surface area is 105 Å². The Hall–Kier alpha value is -1.11. The van der Waals surface area contributed by atoms with Crippen molar-refractivity contribution in [1.82, 2.24) is 0 Å². The van der Waals surface area contributed by atoms with Crippen LogP contribution in [0.5, 0.6) is 0 Å². The molecule has 0 aromatic heterocycles. The van der Waals surface area contributed by atoms with Crippen molar-refractivity contribution in [3.8, 4) is 0 Å². The van der Waals surface area contributed by atoms with Crippen molar-refractivity contribution >= 4 is 5.78 Å². The average Bonchev–Trinajstić information content (AvgIpc) is 2.24. The minimum atomic E-state index is 0.0674. The Morgan fingerprint density at radius 2 is 1.71 bits per heavy atom. The minimum Gasteiger partial charge on any atom is -0.294 e. The lowest BCUT2D eigenvalue weighted by Gasteiger charge is -2.16. The Bertz CT molecular complexity index is 354. The van der Waals surface area contributed by atoms with E-state index in [0.717, 1.165) is 12.0 Å². The zero-order valence-corrected chi connectivity index (χ0v) is 11.5. The summed E-state index contributed by atoms with van der Waals surface area (Å²) in [6, 6.07) is 8.12. The fourth-order valence-corrected chi connectivity index (χ4v) is 1.82. The summed E-state index contributed by atoms with van der Waals surface area (Å²) in [5.41, 5.74) is 2.25. The number of aryl methyl sites for hydroxylation is 1. The summed E-state index contributed by atoms with van der Waals surface area (Å²) in [5.74, 6) is 0.250. The maximum absolute atomic E-state index is 12.0. The van der Waals surface area contributed by atoms with Crippen LogP contribution < -0.4 is 0 Å². The van der Waals surface area contributed by atoms with Gasteiger partial charge in [-0.25, -0.2) is 0 Å². The van der Waals surface area contributed by atoms with Gasteiger partial charge in [0.25, 0.3) is 0 Å². The largest absolute Gasteiger partial charge is 0.294 e. The minimum absolute atomic E-state index is 0.0674. The second-order valence-electron chi connectivity index (χ2n) is 5.96. The lowest BCUT2D eigenvalue weighted by Crippen LogP contribution is -2.13. The maximum Gasteiger partial charge on any atom is 0.163 e. The standard InChI is InChI=1S/C16H24O/c1-5-6-7-13-8-10-14(11-9-13)15(17)12-16(2,3)4/h8-11H,5-7,12H2,1-4H3. The Morgan fingerprint density at radius 1 is 1.12 bits per heavy atom. The van der Waals surface area contributed by atoms with Crippen LogP contribution in [0.1, 0.15) is 62.9 Å². The Balaban J connectivity index is 2.64. The highest BCUT2D eigenvalue weighted by Gasteiger charge is 2.16. The third-order valence-corrected chi connectivity index (χ3v) is 2.79. The molecule has 0 radical (unpaired) electrons. The van der Waals surface area contributed by atoms with Crippen LogP contribution >= 0.6 is 0 Å². The number of hydrogen-bond donors (Lipinski definition) is 0. The average molecular weight is 232 g/mol. The second-order valence-corrected chi connectivity index (χ2v) is 5.96. The van der Waals surface area contributed by atoms with Crippen molar-refractivity contribution in [2.75, 3.05) is 0 Å². The van der Waals surface area contributed by atoms with Crippen LogP contribution in [0.25, 0.3) is 0 Å². The van der Waals surface area contributed by atoms with E-state index in [1.54, 1.807) is 0 Å². The van der Waals surface area contributed by atoms with Crippen molar-refractivity contribution in [2.24, 2.45) is 5.41 Å². The van der Waals surface area contributed by atoms with E-state index in [1.165, 1.54) is 18.4 Å². The summed E-state index contributed by atoms with van der Waals surface area (Å²) in [5, 5.41) is 0. The number of rotatable bonds is 5. The van der Waals surface area contributed by atoms with E-state index < -0.39 is 0 Å². The molecule has 0 N–H and O–H groups in total. The van der Waals surface area contributed by atoms with E-state index in [9.17, 15) is 4.79 Å². The lowest BCUT2D eigenvalue weighted by molar-refractivity contribution is 0.0940. The number of carbonyl (C=O) groups is 1. The first-order valence-corrected chi connectivity index (χ1v) is 6.54. The molecule has 0 bridgehead atoms. The lowest BCUT2D eigenvalue weighted by atomic mass is 9.87. The molecule has 17 heavy (non-hydrogen) atoms. The summed E-state index contributed by atoms with van der Waals surface area (Å²) in [6.45, 7) is 8.49. The Morgan fingerprint density at radius 3 is 2.18 bits per heavy atom. The molecule has 0 saturated carbocycles. The fourth-order valence-electron chi connectivity index (χ4n) is 1.82. The summed E-state index contributed by atoms with van der Waals surface area (Å²) in [7, 11) is 0. The molecule has 1 nitrogen and oxygen atoms in total. The molecule has 1 heteroatoms. The molecule has 0 saturated heterocycles. The van der Waals surface area contributed by atoms with Crippen LogP contribution in [-0.2, 0) is 6.42 Å². The van der Waals surface area contributed by atoms with Crippen molar-refractivity contribution in [3.63, 3.8) is 0 Å². The van der Waals surface area contributed by atoms with Gasteiger partial charge in [0.1, 0.15) is 0 Å². The molecular weight excluding hydrogens is 208 g/mol. The normalized spacial score (nSPS) is 11.5. The van der Waals surface area contributed by atoms with Crippen LogP contribution in [0.2, 0.25) is 0 Å². The zero-order valence-electron chi connectivity index (χ0n) is 11.5. The summed E-state index contributed by atoms with van der Waals surface area (Å²) < 4.78 is 0. The van der Waals surface area contributed by atoms with Gasteiger partial charge in [0.2, 0.25) is 0 Å². The van der Waals surface area contributed by atoms with Crippen molar-refractivity contribution in [1.29, 1.82) is 0 Å². The SMILES string of the molecule is CCCCc1ccc(C(=O)CC(C)(C)C)cc1. The van der Waals surface area contributed by atoms with Crippen molar-refractivity contribution in [3.05, 3.63) is 35.4 Å². The number of Topliss-reactive ketones (excluding diaryl/α,β-unsaturated/α-hetero) is 1. The van der Waals surface area contributed by atoms with Crippen molar-refractivity contribution in [2.45, 2.75) is 53.4 Å². The first-order valence-electron chi connectivity index (χ1n) is 6.54. The number of ketones is 1. The topological polar surface area (TPSA) is 17.1 Å². The first kappa shape index (κ1) is 14.0. The van der Waals surface area contributed by atoms with E-state index in [-0.39, 0.29) is 11.2 Å². The predicted octanol–water partition coefficient (Wildman–Crippen LogP) is 4.65. The van der Waals surface area contributed by atoms with Crippen molar-refractivity contribution < 1.29 is 4.79 Å². The van der Waals surface area contributed by atoms with Crippen LogP contribution in [-0.4, -0.2) is 5.78 Å². The van der Waals surface area contributed by atoms with Gasteiger partial charge in [0.05, 0.1) is 0 Å². The molecule has 0 fully saturated rings. The van der Waals surface area contributed by atoms with Gasteiger partial charge in [-0.15, -0.1) is 0 Å². The molecule has 0 spiro atoms. The molecule has 1 rings (SSSR count). The fraction of sp³-hybridized carbons (Fsp3) is 0.562. The van der Waals surface area contributed by atoms with Gasteiger partial charge in [-0.1, -0.05) is 58.4 Å². The first-order chi connectivity index (χ1) is 7.92. The number of carbonyl (C=O) groups excluding carboxylic acids is 1. The molecule has 0 unspecified atom stereocenters. The molecular formula is C16H24O. The second kappa shape index (κ2) is 6.00. The molecule has 1 aromatic carbocycles. The van der Waals surface area contributed by atoms with E-state index in [4.69, 9.17) is 0 Å². The third kappa shape index (κ3) is 5.16. The van der Waals surface area contributed by atoms with Gasteiger partial charge >= 0.3 is 0 Å². The Kier molecular flexibility index (Phi) is 4.92. The molecule has 0 aliphatic heterocycles. The van der Waals surface area contributed by atoms with E-state index >= 15 is 0 Å². The number of hydrogen-bond acceptors (Lipinski definition) is 1. The third-order valence-electron chi connectivity index (χ3n) is 2.79.